The molecule has 50 valence electrons. The molecule has 2 atom stereocenters. The summed E-state index contributed by atoms with van der Waals surface area (Å²) in [5.74, 6) is -0.0741. The summed E-state index contributed by atoms with van der Waals surface area (Å²) < 4.78 is 12.4. The van der Waals surface area contributed by atoms with E-state index in [1.54, 1.807) is 13.8 Å². The second-order valence-corrected chi connectivity index (χ2v) is 2.43. The molecule has 2 unspecified atom stereocenters. The largest absolute Gasteiger partial charge is 0.390 e. The lowest BCUT2D eigenvalue weighted by Gasteiger charge is -2.13. The van der Waals surface area contributed by atoms with E-state index >= 15 is 0 Å². The fourth-order valence-electron chi connectivity index (χ4n) is 0.557. The van der Waals surface area contributed by atoms with Gasteiger partial charge < -0.3 is 5.11 Å². The van der Waals surface area contributed by atoms with Gasteiger partial charge >= 0.3 is 0 Å². The van der Waals surface area contributed by atoms with Gasteiger partial charge in [-0.25, -0.2) is 4.39 Å². The fourth-order valence-corrected chi connectivity index (χ4v) is 0.557. The van der Waals surface area contributed by atoms with Crippen LogP contribution in [0.15, 0.2) is 0 Å². The number of hydrogen-bond acceptors (Lipinski definition) is 1. The Hall–Kier alpha value is -0.110. The topological polar surface area (TPSA) is 20.2 Å². The van der Waals surface area contributed by atoms with Crippen molar-refractivity contribution in [3.63, 3.8) is 0 Å². The lowest BCUT2D eigenvalue weighted by Crippen LogP contribution is -2.23. The van der Waals surface area contributed by atoms with Crippen LogP contribution in [-0.4, -0.2) is 17.4 Å². The molecule has 0 aliphatic rings. The molecule has 0 aromatic carbocycles. The monoisotopic (exact) mass is 120 g/mol. The Balaban J connectivity index is 3.46. The van der Waals surface area contributed by atoms with E-state index < -0.39 is 12.3 Å². The smallest absolute Gasteiger partial charge is 0.128 e. The summed E-state index contributed by atoms with van der Waals surface area (Å²) >= 11 is 0. The molecule has 0 heterocycles. The van der Waals surface area contributed by atoms with Crippen LogP contribution in [0.25, 0.3) is 0 Å². The molecule has 0 fully saturated rings. The third-order valence-electron chi connectivity index (χ3n) is 1.10. The highest BCUT2D eigenvalue weighted by atomic mass is 19.1. The molecule has 0 saturated carbocycles. The highest BCUT2D eigenvalue weighted by Crippen LogP contribution is 2.09. The van der Waals surface area contributed by atoms with Crippen molar-refractivity contribution in [3.05, 3.63) is 0 Å². The van der Waals surface area contributed by atoms with Crippen LogP contribution >= 0.6 is 0 Å². The van der Waals surface area contributed by atoms with Gasteiger partial charge in [-0.05, 0) is 12.8 Å². The first-order valence-corrected chi connectivity index (χ1v) is 2.88. The van der Waals surface area contributed by atoms with Crippen molar-refractivity contribution in [2.24, 2.45) is 5.92 Å². The number of alkyl halides is 1. The van der Waals surface area contributed by atoms with Gasteiger partial charge in [0.2, 0.25) is 0 Å². The van der Waals surface area contributed by atoms with Crippen molar-refractivity contribution in [1.29, 1.82) is 0 Å². The molecule has 0 saturated heterocycles. The molecule has 8 heavy (non-hydrogen) atoms. The van der Waals surface area contributed by atoms with Gasteiger partial charge in [0, 0.05) is 0 Å². The van der Waals surface area contributed by atoms with E-state index in [1.807, 2.05) is 0 Å². The van der Waals surface area contributed by atoms with Crippen LogP contribution in [0.4, 0.5) is 4.39 Å². The van der Waals surface area contributed by atoms with Gasteiger partial charge in [0.1, 0.15) is 6.17 Å². The van der Waals surface area contributed by atoms with Crippen LogP contribution in [0.2, 0.25) is 0 Å². The van der Waals surface area contributed by atoms with Gasteiger partial charge in [-0.3, -0.25) is 0 Å². The van der Waals surface area contributed by atoms with Crippen LogP contribution < -0.4 is 0 Å². The maximum absolute atomic E-state index is 12.4. The lowest BCUT2D eigenvalue weighted by atomic mass is 10.1. The molecule has 1 N–H and O–H groups in total. The molecule has 0 rings (SSSR count). The molecule has 0 amide bonds. The van der Waals surface area contributed by atoms with E-state index in [9.17, 15) is 4.39 Å². The third kappa shape index (κ3) is 2.26. The summed E-state index contributed by atoms with van der Waals surface area (Å²) in [5.41, 5.74) is 0. The minimum Gasteiger partial charge on any atom is -0.390 e. The first-order chi connectivity index (χ1) is 3.55. The second kappa shape index (κ2) is 3.02. The molecule has 1 nitrogen and oxygen atoms in total. The molecule has 0 aliphatic heterocycles. The van der Waals surface area contributed by atoms with E-state index in [4.69, 9.17) is 5.11 Å². The predicted octanol–water partition coefficient (Wildman–Crippen LogP) is 1.36. The van der Waals surface area contributed by atoms with Crippen molar-refractivity contribution < 1.29 is 9.50 Å². The Bertz CT molecular complexity index is 53.5. The maximum Gasteiger partial charge on any atom is 0.128 e. The first-order valence-electron chi connectivity index (χ1n) is 2.88. The minimum absolute atomic E-state index is 0.0741. The van der Waals surface area contributed by atoms with Crippen molar-refractivity contribution in [2.75, 3.05) is 0 Å². The third-order valence-corrected chi connectivity index (χ3v) is 1.10. The number of aliphatic hydroxyl groups excluding tert-OH is 1. The number of aliphatic hydroxyl groups is 1. The van der Waals surface area contributed by atoms with Gasteiger partial charge in [0.25, 0.3) is 0 Å². The zero-order valence-electron chi connectivity index (χ0n) is 5.56. The Morgan fingerprint density at radius 1 is 1.25 bits per heavy atom. The summed E-state index contributed by atoms with van der Waals surface area (Å²) in [6.45, 7) is 4.96. The van der Waals surface area contributed by atoms with Gasteiger partial charge in [-0.15, -0.1) is 0 Å². The molecule has 0 radical (unpaired) electrons. The van der Waals surface area contributed by atoms with Gasteiger partial charge in [0.15, 0.2) is 0 Å². The molecule has 0 spiro atoms. The van der Waals surface area contributed by atoms with Crippen molar-refractivity contribution in [3.8, 4) is 0 Å². The number of rotatable bonds is 2. The zero-order valence-corrected chi connectivity index (χ0v) is 5.56. The Labute approximate surface area is 49.5 Å². The minimum atomic E-state index is -1.07. The predicted molar refractivity (Wildman–Crippen MR) is 31.4 cm³/mol. The van der Waals surface area contributed by atoms with Crippen LogP contribution in [-0.2, 0) is 0 Å². The summed E-state index contributed by atoms with van der Waals surface area (Å²) in [5, 5.41) is 8.62. The molecular weight excluding hydrogens is 107 g/mol. The maximum atomic E-state index is 12.4. The summed E-state index contributed by atoms with van der Waals surface area (Å²) in [6.07, 6.45) is -1.90. The molecule has 2 heteroatoms. The van der Waals surface area contributed by atoms with Crippen molar-refractivity contribution in [2.45, 2.75) is 33.0 Å². The van der Waals surface area contributed by atoms with Crippen LogP contribution in [0.5, 0.6) is 0 Å². The lowest BCUT2D eigenvalue weighted by molar-refractivity contribution is 0.0649. The molecular formula is C6H13FO. The first kappa shape index (κ1) is 7.89. The van der Waals surface area contributed by atoms with Gasteiger partial charge in [0.05, 0.1) is 6.10 Å². The van der Waals surface area contributed by atoms with Crippen LogP contribution in [0, 0.1) is 5.92 Å². The quantitative estimate of drug-likeness (QED) is 0.583. The normalized spacial score (nSPS) is 18.8. The van der Waals surface area contributed by atoms with Gasteiger partial charge in [-0.1, -0.05) is 13.8 Å². The Kier molecular flexibility index (Phi) is 2.98. The van der Waals surface area contributed by atoms with Crippen molar-refractivity contribution in [1.82, 2.24) is 0 Å². The van der Waals surface area contributed by atoms with Crippen LogP contribution in [0.3, 0.4) is 0 Å². The van der Waals surface area contributed by atoms with E-state index in [-0.39, 0.29) is 5.92 Å². The van der Waals surface area contributed by atoms with E-state index in [0.29, 0.717) is 0 Å². The Morgan fingerprint density at radius 3 is 1.62 bits per heavy atom. The average molecular weight is 120 g/mol. The zero-order chi connectivity index (χ0) is 6.73. The van der Waals surface area contributed by atoms with Gasteiger partial charge in [-0.2, -0.15) is 0 Å². The summed E-state index contributed by atoms with van der Waals surface area (Å²) in [7, 11) is 0. The van der Waals surface area contributed by atoms with E-state index in [2.05, 4.69) is 0 Å². The standard InChI is InChI=1S/C6H13FO/c1-4(2)6(7)5(3)8/h4-6,8H,1-3H3. The summed E-state index contributed by atoms with van der Waals surface area (Å²) in [4.78, 5) is 0. The second-order valence-electron chi connectivity index (χ2n) is 2.43. The highest BCUT2D eigenvalue weighted by Gasteiger charge is 2.16. The molecule has 0 aliphatic carbocycles. The fraction of sp³-hybridized carbons (Fsp3) is 1.00. The molecule has 0 aromatic rings. The highest BCUT2D eigenvalue weighted by molar-refractivity contribution is 4.65. The SMILES string of the molecule is CC(C)C(F)C(C)O. The number of hydrogen-bond donors (Lipinski definition) is 1. The Morgan fingerprint density at radius 2 is 1.62 bits per heavy atom. The average Bonchev–Trinajstić information content (AvgIpc) is 1.64. The van der Waals surface area contributed by atoms with Crippen LogP contribution in [0.1, 0.15) is 20.8 Å². The van der Waals surface area contributed by atoms with E-state index in [1.165, 1.54) is 6.92 Å². The van der Waals surface area contributed by atoms with E-state index in [0.717, 1.165) is 0 Å². The molecule has 0 aromatic heterocycles. The molecule has 0 bridgehead atoms. The van der Waals surface area contributed by atoms with Crippen molar-refractivity contribution >= 4 is 0 Å². The summed E-state index contributed by atoms with van der Waals surface area (Å²) in [6, 6.07) is 0. The number of halogens is 1.